The van der Waals surface area contributed by atoms with Crippen LogP contribution in [-0.4, -0.2) is 15.5 Å². The number of anilines is 2. The summed E-state index contributed by atoms with van der Waals surface area (Å²) < 4.78 is 1.32. The molecule has 0 unspecified atom stereocenters. The van der Waals surface area contributed by atoms with Gasteiger partial charge in [0.05, 0.1) is 6.54 Å². The fraction of sp³-hybridized carbons (Fsp3) is 0.261. The molecule has 1 amide bonds. The highest BCUT2D eigenvalue weighted by molar-refractivity contribution is 6.07. The van der Waals surface area contributed by atoms with Crippen molar-refractivity contribution in [1.82, 2.24) is 9.55 Å². The van der Waals surface area contributed by atoms with Gasteiger partial charge in [0.2, 0.25) is 0 Å². The number of aryl methyl sites for hydroxylation is 1. The minimum Gasteiger partial charge on any atom is -0.383 e. The lowest BCUT2D eigenvalue weighted by molar-refractivity contribution is 0.0984. The van der Waals surface area contributed by atoms with Crippen LogP contribution in [0.1, 0.15) is 41.3 Å². The van der Waals surface area contributed by atoms with Gasteiger partial charge in [-0.15, -0.1) is 0 Å². The summed E-state index contributed by atoms with van der Waals surface area (Å²) in [5.74, 6) is -0.366. The summed E-state index contributed by atoms with van der Waals surface area (Å²) in [6, 6.07) is 16.5. The van der Waals surface area contributed by atoms with Crippen LogP contribution in [0.5, 0.6) is 0 Å². The van der Waals surface area contributed by atoms with Crippen molar-refractivity contribution < 1.29 is 4.79 Å². The maximum Gasteiger partial charge on any atom is 0.330 e. The summed E-state index contributed by atoms with van der Waals surface area (Å²) in [7, 11) is 0. The summed E-state index contributed by atoms with van der Waals surface area (Å²) >= 11 is 0. The van der Waals surface area contributed by atoms with Gasteiger partial charge >= 0.3 is 5.69 Å². The van der Waals surface area contributed by atoms with Gasteiger partial charge in [-0.1, -0.05) is 61.4 Å². The maximum atomic E-state index is 13.4. The molecule has 0 atom stereocenters. The number of rotatable bonds is 7. The van der Waals surface area contributed by atoms with E-state index in [1.807, 2.05) is 50.2 Å². The Kier molecular flexibility index (Phi) is 6.51. The molecule has 0 bridgehead atoms. The summed E-state index contributed by atoms with van der Waals surface area (Å²) in [6.45, 7) is 4.40. The fourth-order valence-corrected chi connectivity index (χ4v) is 3.33. The van der Waals surface area contributed by atoms with Crippen LogP contribution in [0.15, 0.2) is 64.2 Å². The molecule has 0 saturated heterocycles. The first kappa shape index (κ1) is 21.1. The molecule has 7 nitrogen and oxygen atoms in total. The van der Waals surface area contributed by atoms with E-state index in [1.165, 1.54) is 9.47 Å². The van der Waals surface area contributed by atoms with Gasteiger partial charge in [0.15, 0.2) is 5.69 Å². The zero-order valence-corrected chi connectivity index (χ0v) is 17.2. The Hall–Kier alpha value is -3.61. The molecule has 0 saturated carbocycles. The van der Waals surface area contributed by atoms with E-state index in [2.05, 4.69) is 4.98 Å². The molecule has 1 heterocycles. The first-order valence-electron chi connectivity index (χ1n) is 9.97. The van der Waals surface area contributed by atoms with Gasteiger partial charge in [-0.05, 0) is 31.0 Å². The lowest BCUT2D eigenvalue weighted by Crippen LogP contribution is -2.41. The van der Waals surface area contributed by atoms with Gasteiger partial charge < -0.3 is 5.73 Å². The number of nitrogen functional groups attached to an aromatic ring is 1. The number of nitrogens with one attached hydrogen (secondary N) is 1. The third-order valence-electron chi connectivity index (χ3n) is 4.91. The molecule has 3 rings (SSSR count). The number of unbranched alkanes of at least 4 members (excludes halogenated alkanes) is 1. The number of aromatic amines is 1. The number of amides is 1. The number of nitrogens with zero attached hydrogens (tertiary/aromatic N) is 2. The van der Waals surface area contributed by atoms with E-state index in [0.717, 1.165) is 24.0 Å². The molecule has 0 fully saturated rings. The zero-order valence-electron chi connectivity index (χ0n) is 17.2. The van der Waals surface area contributed by atoms with Crippen LogP contribution < -0.4 is 21.9 Å². The molecule has 0 aliphatic rings. The zero-order chi connectivity index (χ0) is 21.7. The molecule has 3 N–H and O–H groups in total. The van der Waals surface area contributed by atoms with Crippen LogP contribution in [-0.2, 0) is 13.1 Å². The Balaban J connectivity index is 2.16. The third-order valence-corrected chi connectivity index (χ3v) is 4.91. The van der Waals surface area contributed by atoms with Gasteiger partial charge in [0.1, 0.15) is 5.82 Å². The fourth-order valence-electron chi connectivity index (χ4n) is 3.33. The summed E-state index contributed by atoms with van der Waals surface area (Å²) in [4.78, 5) is 42.2. The predicted octanol–water partition coefficient (Wildman–Crippen LogP) is 3.07. The van der Waals surface area contributed by atoms with Crippen LogP contribution in [0.3, 0.4) is 0 Å². The smallest absolute Gasteiger partial charge is 0.330 e. The van der Waals surface area contributed by atoms with Crippen LogP contribution >= 0.6 is 0 Å². The summed E-state index contributed by atoms with van der Waals surface area (Å²) in [5, 5.41) is 0. The molecule has 0 aliphatic heterocycles. The Morgan fingerprint density at radius 1 is 1.10 bits per heavy atom. The van der Waals surface area contributed by atoms with E-state index in [-0.39, 0.29) is 24.0 Å². The summed E-state index contributed by atoms with van der Waals surface area (Å²) in [6.07, 6.45) is 1.58. The van der Waals surface area contributed by atoms with Gasteiger partial charge in [-0.3, -0.25) is 24.0 Å². The van der Waals surface area contributed by atoms with Crippen LogP contribution in [0.25, 0.3) is 0 Å². The van der Waals surface area contributed by atoms with E-state index in [9.17, 15) is 14.4 Å². The normalized spacial score (nSPS) is 10.7. The number of H-pyrrole nitrogens is 1. The monoisotopic (exact) mass is 406 g/mol. The van der Waals surface area contributed by atoms with E-state index < -0.39 is 11.2 Å². The van der Waals surface area contributed by atoms with Crippen molar-refractivity contribution >= 4 is 17.4 Å². The highest BCUT2D eigenvalue weighted by atomic mass is 16.2. The Morgan fingerprint density at radius 2 is 1.83 bits per heavy atom. The molecule has 30 heavy (non-hydrogen) atoms. The average molecular weight is 406 g/mol. The van der Waals surface area contributed by atoms with Crippen molar-refractivity contribution in [3.05, 3.63) is 92.1 Å². The van der Waals surface area contributed by atoms with Crippen molar-refractivity contribution in [2.75, 3.05) is 10.6 Å². The molecule has 0 radical (unpaired) electrons. The predicted molar refractivity (Wildman–Crippen MR) is 119 cm³/mol. The number of hydrogen-bond donors (Lipinski definition) is 2. The minimum atomic E-state index is -0.679. The number of carbonyl (C=O) groups is 1. The Bertz CT molecular complexity index is 1150. The largest absolute Gasteiger partial charge is 0.383 e. The third kappa shape index (κ3) is 4.51. The van der Waals surface area contributed by atoms with Crippen LogP contribution in [0.2, 0.25) is 0 Å². The molecular formula is C23H26N4O3. The van der Waals surface area contributed by atoms with Crippen molar-refractivity contribution in [3.63, 3.8) is 0 Å². The highest BCUT2D eigenvalue weighted by Gasteiger charge is 2.25. The minimum absolute atomic E-state index is 0.00543. The van der Waals surface area contributed by atoms with Gasteiger partial charge in [0, 0.05) is 12.1 Å². The molecule has 0 aliphatic carbocycles. The second kappa shape index (κ2) is 9.26. The standard InChI is InChI=1S/C23H26N4O3/c1-3-4-13-26-20(24)19(21(28)25-23(26)30)27(15-17-10-6-5-7-11-17)22(29)18-12-8-9-16(2)14-18/h5-12,14H,3-4,13,15,24H2,1-2H3,(H,25,28,30). The number of aromatic nitrogens is 2. The van der Waals surface area contributed by atoms with E-state index in [1.54, 1.807) is 18.2 Å². The van der Waals surface area contributed by atoms with Gasteiger partial charge in [0.25, 0.3) is 11.5 Å². The molecule has 156 valence electrons. The topological polar surface area (TPSA) is 101 Å². The number of benzene rings is 2. The maximum absolute atomic E-state index is 13.4. The lowest BCUT2D eigenvalue weighted by Gasteiger charge is -2.25. The first-order valence-corrected chi connectivity index (χ1v) is 9.97. The Morgan fingerprint density at radius 3 is 2.50 bits per heavy atom. The van der Waals surface area contributed by atoms with Gasteiger partial charge in [-0.25, -0.2) is 4.79 Å². The average Bonchev–Trinajstić information content (AvgIpc) is 2.73. The second-order valence-corrected chi connectivity index (χ2v) is 7.24. The number of carbonyl (C=O) groups excluding carboxylic acids is 1. The second-order valence-electron chi connectivity index (χ2n) is 7.24. The van der Waals surface area contributed by atoms with E-state index in [0.29, 0.717) is 12.1 Å². The van der Waals surface area contributed by atoms with E-state index in [4.69, 9.17) is 5.73 Å². The van der Waals surface area contributed by atoms with E-state index >= 15 is 0 Å². The first-order chi connectivity index (χ1) is 14.4. The summed E-state index contributed by atoms with van der Waals surface area (Å²) in [5.41, 5.74) is 7.22. The lowest BCUT2D eigenvalue weighted by atomic mass is 10.1. The van der Waals surface area contributed by atoms with Crippen LogP contribution in [0, 0.1) is 6.92 Å². The van der Waals surface area contributed by atoms with Crippen molar-refractivity contribution in [2.24, 2.45) is 0 Å². The van der Waals surface area contributed by atoms with Crippen LogP contribution in [0.4, 0.5) is 11.5 Å². The molecular weight excluding hydrogens is 380 g/mol. The number of nitrogens with two attached hydrogens (primary N) is 1. The quantitative estimate of drug-likeness (QED) is 0.630. The molecule has 1 aromatic heterocycles. The molecule has 7 heteroatoms. The van der Waals surface area contributed by atoms with Gasteiger partial charge in [-0.2, -0.15) is 0 Å². The molecule has 2 aromatic carbocycles. The number of hydrogen-bond acceptors (Lipinski definition) is 4. The van der Waals surface area contributed by atoms with Crippen molar-refractivity contribution in [2.45, 2.75) is 39.8 Å². The van der Waals surface area contributed by atoms with Crippen molar-refractivity contribution in [3.8, 4) is 0 Å². The molecule has 0 spiro atoms. The molecule has 3 aromatic rings. The Labute approximate surface area is 174 Å². The SMILES string of the molecule is CCCCn1c(N)c(N(Cc2ccccc2)C(=O)c2cccc(C)c2)c(=O)[nH]c1=O. The van der Waals surface area contributed by atoms with Crippen molar-refractivity contribution in [1.29, 1.82) is 0 Å². The highest BCUT2D eigenvalue weighted by Crippen LogP contribution is 2.22.